The van der Waals surface area contributed by atoms with Gasteiger partial charge in [0, 0.05) is 5.69 Å². The third-order valence-corrected chi connectivity index (χ3v) is 2.94. The molecule has 1 aromatic heterocycles. The molecule has 0 spiro atoms. The van der Waals surface area contributed by atoms with Gasteiger partial charge in [-0.15, -0.1) is 0 Å². The molecule has 15 heavy (non-hydrogen) atoms. The second kappa shape index (κ2) is 4.04. The van der Waals surface area contributed by atoms with Crippen molar-refractivity contribution in [3.63, 3.8) is 0 Å². The Kier molecular flexibility index (Phi) is 2.75. The number of hydrogen-bond donors (Lipinski definition) is 0. The molecule has 1 heterocycles. The molecule has 0 saturated carbocycles. The number of ether oxygens (including phenoxy) is 1. The number of fused-ring (bicyclic) bond motifs is 1. The number of rotatable bonds is 2. The lowest BCUT2D eigenvalue weighted by atomic mass is 10.0. The minimum atomic E-state index is -0.205. The van der Waals surface area contributed by atoms with Crippen LogP contribution in [-0.4, -0.2) is 22.6 Å². The minimum Gasteiger partial charge on any atom is -0.468 e. The first-order valence-corrected chi connectivity index (χ1v) is 5.34. The van der Waals surface area contributed by atoms with Crippen molar-refractivity contribution in [3.05, 3.63) is 17.2 Å². The van der Waals surface area contributed by atoms with Crippen LogP contribution in [0.5, 0.6) is 0 Å². The van der Waals surface area contributed by atoms with E-state index < -0.39 is 0 Å². The van der Waals surface area contributed by atoms with E-state index in [1.165, 1.54) is 31.3 Å². The molecule has 0 N–H and O–H groups in total. The third-order valence-electron chi connectivity index (χ3n) is 2.94. The Morgan fingerprint density at radius 3 is 2.93 bits per heavy atom. The number of hydrogen-bond acceptors (Lipinski definition) is 3. The molecule has 1 aliphatic rings. The van der Waals surface area contributed by atoms with Crippen molar-refractivity contribution in [1.82, 2.24) is 9.55 Å². The molecule has 0 fully saturated rings. The van der Waals surface area contributed by atoms with Crippen molar-refractivity contribution < 1.29 is 9.53 Å². The molecular formula is C11H16N2O2. The summed E-state index contributed by atoms with van der Waals surface area (Å²) in [5.74, 6) is 0.719. The summed E-state index contributed by atoms with van der Waals surface area (Å²) in [6.07, 6.45) is 4.48. The number of aromatic nitrogens is 2. The van der Waals surface area contributed by atoms with Gasteiger partial charge in [0.05, 0.1) is 12.8 Å². The normalized spacial score (nSPS) is 14.8. The van der Waals surface area contributed by atoms with Gasteiger partial charge >= 0.3 is 5.97 Å². The maximum absolute atomic E-state index is 11.2. The van der Waals surface area contributed by atoms with Crippen LogP contribution in [0.4, 0.5) is 0 Å². The average molecular weight is 208 g/mol. The van der Waals surface area contributed by atoms with Gasteiger partial charge in [-0.2, -0.15) is 0 Å². The van der Waals surface area contributed by atoms with Gasteiger partial charge in [-0.3, -0.25) is 4.79 Å². The van der Waals surface area contributed by atoms with Crippen LogP contribution in [0.15, 0.2) is 0 Å². The highest BCUT2D eigenvalue weighted by molar-refractivity contribution is 5.69. The standard InChI is InChI=1S/C11H16N2O2/c1-8-12-9-5-3-4-6-10(9)13(8)7-11(14)15-2/h3-7H2,1-2H3. The fraction of sp³-hybridized carbons (Fsp3) is 0.636. The van der Waals surface area contributed by atoms with E-state index in [9.17, 15) is 4.79 Å². The first-order chi connectivity index (χ1) is 7.22. The molecule has 0 bridgehead atoms. The number of aryl methyl sites for hydroxylation is 2. The summed E-state index contributed by atoms with van der Waals surface area (Å²) in [6.45, 7) is 2.24. The van der Waals surface area contributed by atoms with Crippen molar-refractivity contribution in [2.45, 2.75) is 39.2 Å². The topological polar surface area (TPSA) is 44.1 Å². The average Bonchev–Trinajstić information content (AvgIpc) is 2.55. The Bertz CT molecular complexity index is 382. The Morgan fingerprint density at radius 2 is 2.20 bits per heavy atom. The summed E-state index contributed by atoms with van der Waals surface area (Å²) in [4.78, 5) is 15.7. The van der Waals surface area contributed by atoms with Gasteiger partial charge in [-0.1, -0.05) is 0 Å². The van der Waals surface area contributed by atoms with Crippen LogP contribution < -0.4 is 0 Å². The lowest BCUT2D eigenvalue weighted by Gasteiger charge is -2.13. The molecule has 1 aliphatic carbocycles. The monoisotopic (exact) mass is 208 g/mol. The lowest BCUT2D eigenvalue weighted by Crippen LogP contribution is -2.16. The van der Waals surface area contributed by atoms with Crippen LogP contribution in [0.3, 0.4) is 0 Å². The highest BCUT2D eigenvalue weighted by atomic mass is 16.5. The second-order valence-electron chi connectivity index (χ2n) is 3.92. The Morgan fingerprint density at radius 1 is 1.47 bits per heavy atom. The largest absolute Gasteiger partial charge is 0.468 e. The maximum Gasteiger partial charge on any atom is 0.325 e. The molecule has 0 aliphatic heterocycles. The number of methoxy groups -OCH3 is 1. The fourth-order valence-corrected chi connectivity index (χ4v) is 2.14. The number of carbonyl (C=O) groups excluding carboxylic acids is 1. The molecule has 0 atom stereocenters. The molecule has 0 unspecified atom stereocenters. The maximum atomic E-state index is 11.2. The molecule has 1 aromatic rings. The molecule has 4 nitrogen and oxygen atoms in total. The highest BCUT2D eigenvalue weighted by Gasteiger charge is 2.19. The van der Waals surface area contributed by atoms with Crippen LogP contribution in [0, 0.1) is 6.92 Å². The Labute approximate surface area is 89.3 Å². The predicted octanol–water partition coefficient (Wildman–Crippen LogP) is 1.24. The van der Waals surface area contributed by atoms with Crippen molar-refractivity contribution >= 4 is 5.97 Å². The smallest absolute Gasteiger partial charge is 0.325 e. The number of imidazole rings is 1. The third kappa shape index (κ3) is 1.89. The molecular weight excluding hydrogens is 192 g/mol. The van der Waals surface area contributed by atoms with Gasteiger partial charge in [0.15, 0.2) is 0 Å². The van der Waals surface area contributed by atoms with E-state index in [-0.39, 0.29) is 5.97 Å². The zero-order valence-corrected chi connectivity index (χ0v) is 9.25. The fourth-order valence-electron chi connectivity index (χ4n) is 2.14. The highest BCUT2D eigenvalue weighted by Crippen LogP contribution is 2.21. The molecule has 4 heteroatoms. The minimum absolute atomic E-state index is 0.205. The van der Waals surface area contributed by atoms with Crippen LogP contribution in [0.1, 0.15) is 30.1 Å². The molecule has 0 radical (unpaired) electrons. The quantitative estimate of drug-likeness (QED) is 0.687. The van der Waals surface area contributed by atoms with Crippen LogP contribution >= 0.6 is 0 Å². The van der Waals surface area contributed by atoms with Gasteiger partial charge in [-0.05, 0) is 32.6 Å². The molecule has 2 rings (SSSR count). The first-order valence-electron chi connectivity index (χ1n) is 5.34. The zero-order chi connectivity index (χ0) is 10.8. The predicted molar refractivity (Wildman–Crippen MR) is 55.6 cm³/mol. The van der Waals surface area contributed by atoms with Crippen LogP contribution in [-0.2, 0) is 28.9 Å². The van der Waals surface area contributed by atoms with Crippen molar-refractivity contribution in [2.24, 2.45) is 0 Å². The molecule has 0 amide bonds. The van der Waals surface area contributed by atoms with Crippen molar-refractivity contribution in [2.75, 3.05) is 7.11 Å². The van der Waals surface area contributed by atoms with Gasteiger partial charge < -0.3 is 9.30 Å². The van der Waals surface area contributed by atoms with Crippen molar-refractivity contribution in [3.8, 4) is 0 Å². The number of esters is 1. The summed E-state index contributed by atoms with van der Waals surface area (Å²) in [7, 11) is 1.42. The van der Waals surface area contributed by atoms with E-state index in [2.05, 4.69) is 9.72 Å². The van der Waals surface area contributed by atoms with E-state index in [1.54, 1.807) is 0 Å². The molecule has 0 aromatic carbocycles. The van der Waals surface area contributed by atoms with Gasteiger partial charge in [-0.25, -0.2) is 4.98 Å². The summed E-state index contributed by atoms with van der Waals surface area (Å²) in [5, 5.41) is 0. The first kappa shape index (κ1) is 10.2. The Hall–Kier alpha value is -1.32. The van der Waals surface area contributed by atoms with E-state index in [0.29, 0.717) is 6.54 Å². The van der Waals surface area contributed by atoms with Crippen LogP contribution in [0.25, 0.3) is 0 Å². The molecule has 0 saturated heterocycles. The number of nitrogens with zero attached hydrogens (tertiary/aromatic N) is 2. The molecule has 82 valence electrons. The van der Waals surface area contributed by atoms with Gasteiger partial charge in [0.1, 0.15) is 12.4 Å². The van der Waals surface area contributed by atoms with E-state index in [0.717, 1.165) is 18.7 Å². The van der Waals surface area contributed by atoms with Gasteiger partial charge in [0.2, 0.25) is 0 Å². The van der Waals surface area contributed by atoms with E-state index in [1.807, 2.05) is 11.5 Å². The summed E-state index contributed by atoms with van der Waals surface area (Å²) in [5.41, 5.74) is 2.40. The van der Waals surface area contributed by atoms with E-state index in [4.69, 9.17) is 0 Å². The Balaban J connectivity index is 2.29. The number of carbonyl (C=O) groups is 1. The van der Waals surface area contributed by atoms with Crippen LogP contribution in [0.2, 0.25) is 0 Å². The van der Waals surface area contributed by atoms with Crippen molar-refractivity contribution in [1.29, 1.82) is 0 Å². The summed E-state index contributed by atoms with van der Waals surface area (Å²) < 4.78 is 6.67. The van der Waals surface area contributed by atoms with E-state index >= 15 is 0 Å². The second-order valence-corrected chi connectivity index (χ2v) is 3.92. The SMILES string of the molecule is COC(=O)Cn1c(C)nc2c1CCCC2. The lowest BCUT2D eigenvalue weighted by molar-refractivity contribution is -0.141. The zero-order valence-electron chi connectivity index (χ0n) is 9.25. The summed E-state index contributed by atoms with van der Waals surface area (Å²) in [6, 6.07) is 0. The van der Waals surface area contributed by atoms with Gasteiger partial charge in [0.25, 0.3) is 0 Å². The summed E-state index contributed by atoms with van der Waals surface area (Å²) >= 11 is 0.